The zero-order chi connectivity index (χ0) is 29.0. The van der Waals surface area contributed by atoms with E-state index in [-0.39, 0.29) is 41.7 Å². The number of carbonyl (C=O) groups excluding carboxylic acids is 1. The molecule has 4 rings (SSSR count). The van der Waals surface area contributed by atoms with Crippen molar-refractivity contribution < 1.29 is 18.3 Å². The van der Waals surface area contributed by atoms with E-state index in [1.165, 1.54) is 23.9 Å². The molecule has 0 aliphatic carbocycles. The van der Waals surface area contributed by atoms with Crippen molar-refractivity contribution in [2.45, 2.75) is 19.9 Å². The normalized spacial score (nSPS) is 11.3. The van der Waals surface area contributed by atoms with Crippen molar-refractivity contribution in [3.05, 3.63) is 113 Å². The van der Waals surface area contributed by atoms with Crippen LogP contribution in [0.1, 0.15) is 22.4 Å². The molecule has 2 aromatic heterocycles. The number of nitrogens with zero attached hydrogens (tertiary/aromatic N) is 5. The molecule has 0 bridgehead atoms. The molecule has 2 heterocycles. The van der Waals surface area contributed by atoms with Gasteiger partial charge < -0.3 is 21.9 Å². The first-order chi connectivity index (χ1) is 19.1. The first kappa shape index (κ1) is 27.8. The molecule has 0 spiro atoms. The summed E-state index contributed by atoms with van der Waals surface area (Å²) in [5.74, 6) is -1.68. The number of hydrogen-bond acceptors (Lipinski definition) is 7. The van der Waals surface area contributed by atoms with Gasteiger partial charge in [0.1, 0.15) is 34.5 Å². The highest BCUT2D eigenvalue weighted by Crippen LogP contribution is 2.24. The van der Waals surface area contributed by atoms with E-state index in [4.69, 9.17) is 21.9 Å². The Morgan fingerprint density at radius 1 is 1.12 bits per heavy atom. The van der Waals surface area contributed by atoms with Gasteiger partial charge in [-0.3, -0.25) is 4.90 Å². The number of rotatable bonds is 8. The van der Waals surface area contributed by atoms with Crippen LogP contribution in [-0.2, 0) is 17.7 Å². The highest BCUT2D eigenvalue weighted by Gasteiger charge is 2.25. The van der Waals surface area contributed by atoms with Gasteiger partial charge in [0.15, 0.2) is 5.84 Å². The number of halogens is 2. The molecule has 0 atom stereocenters. The van der Waals surface area contributed by atoms with Crippen LogP contribution in [0.15, 0.2) is 83.9 Å². The van der Waals surface area contributed by atoms with Crippen molar-refractivity contribution in [1.29, 1.82) is 0 Å². The van der Waals surface area contributed by atoms with E-state index in [2.05, 4.69) is 21.7 Å². The SMILES string of the molecule is C=C(N=C(N)C(=C(N)N)N(Cc1ccc(C)cc1)C(=O)OC)n1nc(Cc2ccccc2F)c2ncc(F)cc21. The van der Waals surface area contributed by atoms with Crippen LogP contribution < -0.4 is 17.2 Å². The van der Waals surface area contributed by atoms with Crippen LogP contribution in [0.4, 0.5) is 13.6 Å². The maximum atomic E-state index is 14.3. The molecule has 12 heteroatoms. The summed E-state index contributed by atoms with van der Waals surface area (Å²) in [7, 11) is 1.20. The Morgan fingerprint density at radius 3 is 2.48 bits per heavy atom. The highest BCUT2D eigenvalue weighted by atomic mass is 19.1. The van der Waals surface area contributed by atoms with Gasteiger partial charge in [-0.1, -0.05) is 54.6 Å². The summed E-state index contributed by atoms with van der Waals surface area (Å²) in [6.45, 7) is 5.87. The fourth-order valence-electron chi connectivity index (χ4n) is 4.07. The summed E-state index contributed by atoms with van der Waals surface area (Å²) < 4.78 is 34.7. The van der Waals surface area contributed by atoms with Crippen molar-refractivity contribution in [2.24, 2.45) is 22.2 Å². The molecule has 10 nitrogen and oxygen atoms in total. The number of amidine groups is 1. The Morgan fingerprint density at radius 2 is 1.82 bits per heavy atom. The summed E-state index contributed by atoms with van der Waals surface area (Å²) in [6.07, 6.45) is 0.333. The fraction of sp³-hybridized carbons (Fsp3) is 0.143. The smallest absolute Gasteiger partial charge is 0.414 e. The predicted molar refractivity (Wildman–Crippen MR) is 148 cm³/mol. The Kier molecular flexibility index (Phi) is 8.08. The molecule has 1 amide bonds. The van der Waals surface area contributed by atoms with Crippen LogP contribution in [0.2, 0.25) is 0 Å². The van der Waals surface area contributed by atoms with Gasteiger partial charge in [-0.15, -0.1) is 0 Å². The number of methoxy groups -OCH3 is 1. The molecule has 0 fully saturated rings. The average molecular weight is 547 g/mol. The van der Waals surface area contributed by atoms with E-state index in [9.17, 15) is 13.6 Å². The molecule has 0 aliphatic heterocycles. The minimum absolute atomic E-state index is 0.0233. The Labute approximate surface area is 229 Å². The van der Waals surface area contributed by atoms with Crippen molar-refractivity contribution >= 4 is 28.8 Å². The minimum atomic E-state index is -0.782. The molecule has 206 valence electrons. The lowest BCUT2D eigenvalue weighted by Gasteiger charge is -2.24. The maximum Gasteiger partial charge on any atom is 0.414 e. The monoisotopic (exact) mass is 546 g/mol. The molecule has 2 aromatic carbocycles. The standard InChI is InChI=1S/C28H28F2N8O2/c1-16-8-10-18(11-9-16)15-37(28(39)40-3)25(26(31)32)27(33)35-17(2)38-23-13-20(29)14-34-24(23)22(36-38)12-19-6-4-5-7-21(19)30/h4-11,13-14H,2,12,15,31-32H2,1,3H3,(H2,33,35). The maximum absolute atomic E-state index is 14.3. The van der Waals surface area contributed by atoms with E-state index >= 15 is 0 Å². The lowest BCUT2D eigenvalue weighted by molar-refractivity contribution is 0.135. The van der Waals surface area contributed by atoms with Crippen LogP contribution in [0, 0.1) is 18.6 Å². The third kappa shape index (κ3) is 5.90. The Hall–Kier alpha value is -5.26. The first-order valence-corrected chi connectivity index (χ1v) is 12.1. The third-order valence-electron chi connectivity index (χ3n) is 6.01. The van der Waals surface area contributed by atoms with Gasteiger partial charge in [0, 0.05) is 12.5 Å². The number of benzene rings is 2. The highest BCUT2D eigenvalue weighted by molar-refractivity contribution is 6.01. The van der Waals surface area contributed by atoms with Gasteiger partial charge in [-0.05, 0) is 24.1 Å². The van der Waals surface area contributed by atoms with E-state index in [1.807, 2.05) is 31.2 Å². The van der Waals surface area contributed by atoms with Crippen LogP contribution in [-0.4, -0.2) is 38.7 Å². The molecular formula is C28H28F2N8O2. The van der Waals surface area contributed by atoms with E-state index < -0.39 is 17.7 Å². The lowest BCUT2D eigenvalue weighted by atomic mass is 10.1. The summed E-state index contributed by atoms with van der Waals surface area (Å²) in [6, 6.07) is 14.8. The second-order valence-corrected chi connectivity index (χ2v) is 8.91. The van der Waals surface area contributed by atoms with Crippen molar-refractivity contribution in [3.63, 3.8) is 0 Å². The number of nitrogens with two attached hydrogens (primary N) is 3. The zero-order valence-corrected chi connectivity index (χ0v) is 21.9. The largest absolute Gasteiger partial charge is 0.452 e. The Balaban J connectivity index is 1.74. The van der Waals surface area contributed by atoms with Crippen molar-refractivity contribution in [1.82, 2.24) is 19.7 Å². The molecule has 0 aliphatic rings. The summed E-state index contributed by atoms with van der Waals surface area (Å²) >= 11 is 0. The van der Waals surface area contributed by atoms with E-state index in [1.54, 1.807) is 18.2 Å². The number of aromatic nitrogens is 3. The van der Waals surface area contributed by atoms with Crippen LogP contribution in [0.3, 0.4) is 0 Å². The second kappa shape index (κ2) is 11.6. The van der Waals surface area contributed by atoms with Crippen LogP contribution in [0.25, 0.3) is 16.9 Å². The number of fused-ring (bicyclic) bond motifs is 1. The number of carbonyl (C=O) groups is 1. The lowest BCUT2D eigenvalue weighted by Crippen LogP contribution is -2.39. The minimum Gasteiger partial charge on any atom is -0.452 e. The van der Waals surface area contributed by atoms with E-state index in [0.717, 1.165) is 22.2 Å². The second-order valence-electron chi connectivity index (χ2n) is 8.91. The van der Waals surface area contributed by atoms with E-state index in [0.29, 0.717) is 16.8 Å². The fourth-order valence-corrected chi connectivity index (χ4v) is 4.07. The molecule has 6 N–H and O–H groups in total. The van der Waals surface area contributed by atoms with Gasteiger partial charge in [-0.25, -0.2) is 28.2 Å². The van der Waals surface area contributed by atoms with Gasteiger partial charge in [-0.2, -0.15) is 5.10 Å². The predicted octanol–water partition coefficient (Wildman–Crippen LogP) is 3.75. The van der Waals surface area contributed by atoms with Crippen LogP contribution in [0.5, 0.6) is 0 Å². The Bertz CT molecular complexity index is 1640. The number of ether oxygens (including phenoxy) is 1. The number of pyridine rings is 1. The van der Waals surface area contributed by atoms with Gasteiger partial charge >= 0.3 is 6.09 Å². The first-order valence-electron chi connectivity index (χ1n) is 12.1. The summed E-state index contributed by atoms with van der Waals surface area (Å²) in [5, 5.41) is 4.47. The van der Waals surface area contributed by atoms with Crippen LogP contribution >= 0.6 is 0 Å². The summed E-state index contributed by atoms with van der Waals surface area (Å²) in [5.41, 5.74) is 21.1. The van der Waals surface area contributed by atoms with Gasteiger partial charge in [0.25, 0.3) is 0 Å². The molecule has 0 saturated heterocycles. The number of aliphatic imine (C=N–C) groups is 1. The van der Waals surface area contributed by atoms with Gasteiger partial charge in [0.2, 0.25) is 0 Å². The van der Waals surface area contributed by atoms with Crippen molar-refractivity contribution in [2.75, 3.05) is 7.11 Å². The quantitative estimate of drug-likeness (QED) is 0.225. The average Bonchev–Trinajstić information content (AvgIpc) is 3.27. The summed E-state index contributed by atoms with van der Waals surface area (Å²) in [4.78, 5) is 22.3. The van der Waals surface area contributed by atoms with Gasteiger partial charge in [0.05, 0.1) is 31.1 Å². The molecule has 0 radical (unpaired) electrons. The number of hydrogen-bond donors (Lipinski definition) is 3. The third-order valence-corrected chi connectivity index (χ3v) is 6.01. The molecule has 0 unspecified atom stereocenters. The molecule has 0 saturated carbocycles. The molecule has 4 aromatic rings. The molecule has 40 heavy (non-hydrogen) atoms. The van der Waals surface area contributed by atoms with Crippen molar-refractivity contribution in [3.8, 4) is 0 Å². The zero-order valence-electron chi connectivity index (χ0n) is 21.9. The molecular weight excluding hydrogens is 518 g/mol. The number of amides is 1. The number of aryl methyl sites for hydroxylation is 1. The topological polar surface area (TPSA) is 151 Å².